The standard InChI is InChI=1S/C18H18O2/c1-20-16-11-14-7-5-6-10-17(14)18(12-16,13-19)15-8-3-2-4-9-15/h2-10,13,16H,11-12H2,1H3. The van der Waals surface area contributed by atoms with Crippen LogP contribution in [0.1, 0.15) is 23.1 Å². The second kappa shape index (κ2) is 5.22. The zero-order valence-electron chi connectivity index (χ0n) is 11.6. The third-order valence-electron chi connectivity index (χ3n) is 4.32. The number of rotatable bonds is 3. The molecule has 1 aliphatic rings. The maximum Gasteiger partial charge on any atom is 0.135 e. The molecule has 0 N–H and O–H groups in total. The number of ether oxygens (including phenoxy) is 1. The third-order valence-corrected chi connectivity index (χ3v) is 4.32. The van der Waals surface area contributed by atoms with Crippen LogP contribution in [0, 0.1) is 0 Å². The number of benzene rings is 2. The first-order valence-corrected chi connectivity index (χ1v) is 6.93. The molecule has 0 aliphatic heterocycles. The van der Waals surface area contributed by atoms with Crippen molar-refractivity contribution in [2.24, 2.45) is 0 Å². The Bertz CT molecular complexity index is 606. The summed E-state index contributed by atoms with van der Waals surface area (Å²) in [6.45, 7) is 0. The minimum atomic E-state index is -0.587. The Hall–Kier alpha value is -1.93. The van der Waals surface area contributed by atoms with E-state index in [0.717, 1.165) is 23.8 Å². The molecule has 0 saturated heterocycles. The highest BCUT2D eigenvalue weighted by molar-refractivity contribution is 5.76. The normalized spacial score (nSPS) is 24.9. The maximum absolute atomic E-state index is 12.1. The van der Waals surface area contributed by atoms with Gasteiger partial charge in [0.25, 0.3) is 0 Å². The average molecular weight is 266 g/mol. The molecule has 2 unspecified atom stereocenters. The summed E-state index contributed by atoms with van der Waals surface area (Å²) in [5.41, 5.74) is 2.79. The Morgan fingerprint density at radius 3 is 2.50 bits per heavy atom. The molecule has 1 aliphatic carbocycles. The van der Waals surface area contributed by atoms with Gasteiger partial charge in [-0.2, -0.15) is 0 Å². The number of carbonyl (C=O) groups excluding carboxylic acids is 1. The minimum Gasteiger partial charge on any atom is -0.381 e. The molecule has 0 heterocycles. The zero-order valence-corrected chi connectivity index (χ0v) is 11.6. The number of aldehydes is 1. The monoisotopic (exact) mass is 266 g/mol. The van der Waals surface area contributed by atoms with Gasteiger partial charge in [-0.3, -0.25) is 0 Å². The summed E-state index contributed by atoms with van der Waals surface area (Å²) in [5, 5.41) is 0. The minimum absolute atomic E-state index is 0.0790. The zero-order chi connectivity index (χ0) is 14.0. The van der Waals surface area contributed by atoms with E-state index in [1.165, 1.54) is 5.56 Å². The second-order valence-electron chi connectivity index (χ2n) is 5.38. The lowest BCUT2D eigenvalue weighted by molar-refractivity contribution is -0.112. The highest BCUT2D eigenvalue weighted by atomic mass is 16.5. The lowest BCUT2D eigenvalue weighted by atomic mass is 9.66. The van der Waals surface area contributed by atoms with Gasteiger partial charge >= 0.3 is 0 Å². The van der Waals surface area contributed by atoms with Crippen LogP contribution in [0.5, 0.6) is 0 Å². The average Bonchev–Trinajstić information content (AvgIpc) is 2.54. The van der Waals surface area contributed by atoms with E-state index in [-0.39, 0.29) is 6.10 Å². The second-order valence-corrected chi connectivity index (χ2v) is 5.38. The highest BCUT2D eigenvalue weighted by Crippen LogP contribution is 2.41. The lowest BCUT2D eigenvalue weighted by Gasteiger charge is -2.38. The van der Waals surface area contributed by atoms with Gasteiger partial charge in [0.15, 0.2) is 0 Å². The fourth-order valence-corrected chi connectivity index (χ4v) is 3.28. The summed E-state index contributed by atoms with van der Waals surface area (Å²) in [6.07, 6.45) is 2.74. The van der Waals surface area contributed by atoms with Crippen LogP contribution in [0.3, 0.4) is 0 Å². The van der Waals surface area contributed by atoms with Gasteiger partial charge in [0.1, 0.15) is 6.29 Å². The SMILES string of the molecule is COC1Cc2ccccc2C(C=O)(c2ccccc2)C1. The van der Waals surface area contributed by atoms with Crippen LogP contribution in [0.15, 0.2) is 54.6 Å². The van der Waals surface area contributed by atoms with Crippen LogP contribution in [-0.2, 0) is 21.4 Å². The van der Waals surface area contributed by atoms with E-state index in [4.69, 9.17) is 4.74 Å². The molecule has 2 nitrogen and oxygen atoms in total. The number of hydrogen-bond acceptors (Lipinski definition) is 2. The van der Waals surface area contributed by atoms with Crippen molar-refractivity contribution in [3.05, 3.63) is 71.3 Å². The van der Waals surface area contributed by atoms with Crippen LogP contribution >= 0.6 is 0 Å². The first kappa shape index (κ1) is 13.1. The summed E-state index contributed by atoms with van der Waals surface area (Å²) < 4.78 is 5.57. The molecule has 3 rings (SSSR count). The summed E-state index contributed by atoms with van der Waals surface area (Å²) in [6, 6.07) is 18.2. The summed E-state index contributed by atoms with van der Waals surface area (Å²) >= 11 is 0. The van der Waals surface area contributed by atoms with Crippen molar-refractivity contribution in [2.45, 2.75) is 24.4 Å². The molecule has 20 heavy (non-hydrogen) atoms. The molecular formula is C18H18O2. The molecule has 0 aromatic heterocycles. The van der Waals surface area contributed by atoms with Gasteiger partial charge in [-0.05, 0) is 29.5 Å². The molecule has 2 aromatic carbocycles. The van der Waals surface area contributed by atoms with Crippen LogP contribution in [0.25, 0.3) is 0 Å². The van der Waals surface area contributed by atoms with Crippen molar-refractivity contribution in [3.8, 4) is 0 Å². The van der Waals surface area contributed by atoms with E-state index in [1.807, 2.05) is 42.5 Å². The van der Waals surface area contributed by atoms with Crippen LogP contribution in [0.2, 0.25) is 0 Å². The predicted molar refractivity (Wildman–Crippen MR) is 78.8 cm³/mol. The molecule has 0 radical (unpaired) electrons. The number of hydrogen-bond donors (Lipinski definition) is 0. The van der Waals surface area contributed by atoms with Gasteiger partial charge < -0.3 is 9.53 Å². The van der Waals surface area contributed by atoms with Crippen molar-refractivity contribution in [1.82, 2.24) is 0 Å². The number of methoxy groups -OCH3 is 1. The molecule has 0 spiro atoms. The third kappa shape index (κ3) is 1.97. The Morgan fingerprint density at radius 1 is 1.10 bits per heavy atom. The van der Waals surface area contributed by atoms with Gasteiger partial charge in [0, 0.05) is 7.11 Å². The molecule has 2 atom stereocenters. The molecule has 0 fully saturated rings. The molecule has 102 valence electrons. The first-order valence-electron chi connectivity index (χ1n) is 6.93. The number of carbonyl (C=O) groups is 1. The largest absolute Gasteiger partial charge is 0.381 e. The molecule has 0 saturated carbocycles. The molecule has 0 amide bonds. The fourth-order valence-electron chi connectivity index (χ4n) is 3.28. The van der Waals surface area contributed by atoms with E-state index in [2.05, 4.69) is 12.1 Å². The Balaban J connectivity index is 2.21. The van der Waals surface area contributed by atoms with Crippen molar-refractivity contribution in [2.75, 3.05) is 7.11 Å². The summed E-state index contributed by atoms with van der Waals surface area (Å²) in [5.74, 6) is 0. The van der Waals surface area contributed by atoms with Crippen LogP contribution in [-0.4, -0.2) is 19.5 Å². The van der Waals surface area contributed by atoms with Crippen molar-refractivity contribution >= 4 is 6.29 Å². The van der Waals surface area contributed by atoms with Crippen molar-refractivity contribution < 1.29 is 9.53 Å². The van der Waals surface area contributed by atoms with E-state index in [0.29, 0.717) is 6.42 Å². The first-order chi connectivity index (χ1) is 9.80. The van der Waals surface area contributed by atoms with E-state index >= 15 is 0 Å². The quantitative estimate of drug-likeness (QED) is 0.798. The van der Waals surface area contributed by atoms with Crippen molar-refractivity contribution in [1.29, 1.82) is 0 Å². The number of fused-ring (bicyclic) bond motifs is 1. The summed E-state index contributed by atoms with van der Waals surface area (Å²) in [4.78, 5) is 12.1. The lowest BCUT2D eigenvalue weighted by Crippen LogP contribution is -2.40. The Labute approximate surface area is 119 Å². The van der Waals surface area contributed by atoms with Crippen LogP contribution in [0.4, 0.5) is 0 Å². The van der Waals surface area contributed by atoms with E-state index in [1.54, 1.807) is 7.11 Å². The topological polar surface area (TPSA) is 26.3 Å². The van der Waals surface area contributed by atoms with Gasteiger partial charge in [-0.15, -0.1) is 0 Å². The van der Waals surface area contributed by atoms with Crippen LogP contribution < -0.4 is 0 Å². The molecule has 2 heteroatoms. The van der Waals surface area contributed by atoms with E-state index in [9.17, 15) is 4.79 Å². The van der Waals surface area contributed by atoms with Gasteiger partial charge in [0.2, 0.25) is 0 Å². The Kier molecular flexibility index (Phi) is 3.41. The summed E-state index contributed by atoms with van der Waals surface area (Å²) in [7, 11) is 1.72. The fraction of sp³-hybridized carbons (Fsp3) is 0.278. The molecular weight excluding hydrogens is 248 g/mol. The Morgan fingerprint density at radius 2 is 1.80 bits per heavy atom. The molecule has 0 bridgehead atoms. The van der Waals surface area contributed by atoms with Gasteiger partial charge in [0.05, 0.1) is 11.5 Å². The molecule has 2 aromatic rings. The van der Waals surface area contributed by atoms with E-state index < -0.39 is 5.41 Å². The van der Waals surface area contributed by atoms with Gasteiger partial charge in [-0.25, -0.2) is 0 Å². The predicted octanol–water partition coefficient (Wildman–Crippen LogP) is 3.13. The maximum atomic E-state index is 12.1. The highest BCUT2D eigenvalue weighted by Gasteiger charge is 2.41. The van der Waals surface area contributed by atoms with Gasteiger partial charge in [-0.1, -0.05) is 54.6 Å². The van der Waals surface area contributed by atoms with Crippen molar-refractivity contribution in [3.63, 3.8) is 0 Å². The smallest absolute Gasteiger partial charge is 0.135 e.